The lowest BCUT2D eigenvalue weighted by atomic mass is 10.1. The molecule has 0 radical (unpaired) electrons. The summed E-state index contributed by atoms with van der Waals surface area (Å²) in [5.41, 5.74) is 2.10. The first kappa shape index (κ1) is 22.6. The normalized spacial score (nSPS) is 12.2. The van der Waals surface area contributed by atoms with E-state index in [1.165, 1.54) is 24.5 Å². The minimum Gasteiger partial charge on any atom is -0.504 e. The van der Waals surface area contributed by atoms with Crippen molar-refractivity contribution in [2.45, 2.75) is 39.0 Å². The van der Waals surface area contributed by atoms with E-state index >= 15 is 0 Å². The van der Waals surface area contributed by atoms with Crippen LogP contribution in [-0.4, -0.2) is 43.3 Å². The number of carbonyl (C=O) groups excluding carboxylic acids is 3. The molecule has 0 saturated carbocycles. The Balaban J connectivity index is 1.52. The van der Waals surface area contributed by atoms with Gasteiger partial charge >= 0.3 is 11.9 Å². The van der Waals surface area contributed by atoms with E-state index in [0.29, 0.717) is 22.7 Å². The number of ether oxygens (including phenoxy) is 3. The topological polar surface area (TPSA) is 111 Å². The summed E-state index contributed by atoms with van der Waals surface area (Å²) in [5.74, 6) is -1.15. The Morgan fingerprint density at radius 1 is 1.19 bits per heavy atom. The highest BCUT2D eigenvalue weighted by Crippen LogP contribution is 2.39. The summed E-state index contributed by atoms with van der Waals surface area (Å²) in [7, 11) is 1.46. The molecule has 1 aromatic carbocycles. The van der Waals surface area contributed by atoms with Gasteiger partial charge in [-0.3, -0.25) is 9.59 Å². The van der Waals surface area contributed by atoms with Crippen LogP contribution in [-0.2, 0) is 38.3 Å². The first-order chi connectivity index (χ1) is 14.9. The van der Waals surface area contributed by atoms with Crippen LogP contribution in [0.4, 0.5) is 5.00 Å². The molecule has 9 heteroatoms. The molecule has 1 aromatic heterocycles. The molecule has 8 nitrogen and oxygen atoms in total. The maximum atomic E-state index is 12.3. The number of hydrogen-bond acceptors (Lipinski definition) is 8. The second-order valence-electron chi connectivity index (χ2n) is 7.00. The third-order valence-electron chi connectivity index (χ3n) is 4.88. The Kier molecular flexibility index (Phi) is 7.51. The summed E-state index contributed by atoms with van der Waals surface area (Å²) < 4.78 is 15.2. The van der Waals surface area contributed by atoms with Crippen LogP contribution in [0.15, 0.2) is 18.2 Å². The molecule has 1 aliphatic rings. The standard InChI is InChI=1S/C22H25NO7S/c1-3-29-22(27)20-14-5-4-6-17(14)31-21(20)23-18(25)12-30-19(26)10-8-13-7-9-16(28-2)15(24)11-13/h7,9,11,24H,3-6,8,10,12H2,1-2H3,(H,23,25). The van der Waals surface area contributed by atoms with Gasteiger partial charge in [-0.25, -0.2) is 4.79 Å². The minimum atomic E-state index is -0.537. The number of phenolic OH excluding ortho intramolecular Hbond substituents is 1. The quantitative estimate of drug-likeness (QED) is 0.568. The molecule has 1 aliphatic carbocycles. The number of nitrogens with one attached hydrogen (secondary N) is 1. The van der Waals surface area contributed by atoms with E-state index in [4.69, 9.17) is 14.2 Å². The van der Waals surface area contributed by atoms with Gasteiger partial charge in [0.15, 0.2) is 18.1 Å². The van der Waals surface area contributed by atoms with Gasteiger partial charge in [0.1, 0.15) is 5.00 Å². The molecular weight excluding hydrogens is 422 g/mol. The van der Waals surface area contributed by atoms with Gasteiger partial charge in [-0.2, -0.15) is 0 Å². The van der Waals surface area contributed by atoms with E-state index in [9.17, 15) is 19.5 Å². The molecule has 1 amide bonds. The molecule has 1 heterocycles. The fraction of sp³-hybridized carbons (Fsp3) is 0.409. The lowest BCUT2D eigenvalue weighted by molar-refractivity contribution is -0.147. The second kappa shape index (κ2) is 10.3. The highest BCUT2D eigenvalue weighted by atomic mass is 32.1. The van der Waals surface area contributed by atoms with Crippen molar-refractivity contribution in [1.29, 1.82) is 0 Å². The molecule has 0 unspecified atom stereocenters. The van der Waals surface area contributed by atoms with Crippen LogP contribution < -0.4 is 10.1 Å². The summed E-state index contributed by atoms with van der Waals surface area (Å²) in [6.45, 7) is 1.54. The monoisotopic (exact) mass is 447 g/mol. The smallest absolute Gasteiger partial charge is 0.341 e. The van der Waals surface area contributed by atoms with Gasteiger partial charge in [0.2, 0.25) is 0 Å². The maximum Gasteiger partial charge on any atom is 0.341 e. The highest BCUT2D eigenvalue weighted by molar-refractivity contribution is 7.17. The molecular formula is C22H25NO7S. The zero-order valence-electron chi connectivity index (χ0n) is 17.5. The largest absolute Gasteiger partial charge is 0.504 e. The summed E-state index contributed by atoms with van der Waals surface area (Å²) in [6, 6.07) is 4.88. The average molecular weight is 448 g/mol. The number of aryl methyl sites for hydroxylation is 2. The number of rotatable bonds is 9. The van der Waals surface area contributed by atoms with Crippen molar-refractivity contribution in [3.05, 3.63) is 39.8 Å². The summed E-state index contributed by atoms with van der Waals surface area (Å²) in [4.78, 5) is 37.7. The molecule has 2 N–H and O–H groups in total. The van der Waals surface area contributed by atoms with Gasteiger partial charge in [0.05, 0.1) is 19.3 Å². The van der Waals surface area contributed by atoms with Gasteiger partial charge < -0.3 is 24.6 Å². The Morgan fingerprint density at radius 2 is 2.00 bits per heavy atom. The predicted octanol–water partition coefficient (Wildman–Crippen LogP) is 3.24. The third kappa shape index (κ3) is 5.55. The number of phenols is 1. The summed E-state index contributed by atoms with van der Waals surface area (Å²) in [5, 5.41) is 12.9. The van der Waals surface area contributed by atoms with E-state index in [-0.39, 0.29) is 18.8 Å². The molecule has 2 aromatic rings. The van der Waals surface area contributed by atoms with Gasteiger partial charge in [-0.05, 0) is 55.9 Å². The Bertz CT molecular complexity index is 982. The molecule has 166 valence electrons. The number of anilines is 1. The lowest BCUT2D eigenvalue weighted by Gasteiger charge is -2.09. The molecule has 0 atom stereocenters. The fourth-order valence-electron chi connectivity index (χ4n) is 3.43. The first-order valence-electron chi connectivity index (χ1n) is 10.1. The molecule has 0 bridgehead atoms. The number of fused-ring (bicyclic) bond motifs is 1. The Morgan fingerprint density at radius 3 is 2.71 bits per heavy atom. The number of benzene rings is 1. The molecule has 0 saturated heterocycles. The number of thiophene rings is 1. The predicted molar refractivity (Wildman–Crippen MR) is 115 cm³/mol. The van der Waals surface area contributed by atoms with Crippen LogP contribution in [0.2, 0.25) is 0 Å². The van der Waals surface area contributed by atoms with Crippen LogP contribution in [0.3, 0.4) is 0 Å². The van der Waals surface area contributed by atoms with Gasteiger partial charge in [-0.15, -0.1) is 11.3 Å². The molecule has 0 fully saturated rings. The number of methoxy groups -OCH3 is 1. The van der Waals surface area contributed by atoms with Crippen molar-refractivity contribution >= 4 is 34.2 Å². The SMILES string of the molecule is CCOC(=O)c1c(NC(=O)COC(=O)CCc2ccc(OC)c(O)c2)sc2c1CCC2. The number of aromatic hydroxyl groups is 1. The number of hydrogen-bond donors (Lipinski definition) is 2. The van der Waals surface area contributed by atoms with Crippen molar-refractivity contribution in [1.82, 2.24) is 0 Å². The van der Waals surface area contributed by atoms with E-state index in [0.717, 1.165) is 35.3 Å². The van der Waals surface area contributed by atoms with E-state index in [1.807, 2.05) is 0 Å². The van der Waals surface area contributed by atoms with Crippen molar-refractivity contribution < 1.29 is 33.7 Å². The van der Waals surface area contributed by atoms with Crippen LogP contribution in [0, 0.1) is 0 Å². The summed E-state index contributed by atoms with van der Waals surface area (Å²) >= 11 is 1.37. The van der Waals surface area contributed by atoms with Crippen LogP contribution in [0.1, 0.15) is 46.1 Å². The molecule has 0 spiro atoms. The van der Waals surface area contributed by atoms with Gasteiger partial charge in [-0.1, -0.05) is 6.07 Å². The lowest BCUT2D eigenvalue weighted by Crippen LogP contribution is -2.22. The zero-order valence-corrected chi connectivity index (χ0v) is 18.3. The van der Waals surface area contributed by atoms with Crippen LogP contribution in [0.25, 0.3) is 0 Å². The van der Waals surface area contributed by atoms with Crippen LogP contribution in [0.5, 0.6) is 11.5 Å². The number of amides is 1. The van der Waals surface area contributed by atoms with E-state index < -0.39 is 24.5 Å². The molecule has 31 heavy (non-hydrogen) atoms. The van der Waals surface area contributed by atoms with Crippen molar-refractivity contribution in [3.8, 4) is 11.5 Å². The molecule has 0 aliphatic heterocycles. The minimum absolute atomic E-state index is 0.00649. The number of carbonyl (C=O) groups is 3. The van der Waals surface area contributed by atoms with Crippen molar-refractivity contribution in [2.24, 2.45) is 0 Å². The maximum absolute atomic E-state index is 12.3. The van der Waals surface area contributed by atoms with Gasteiger partial charge in [0.25, 0.3) is 5.91 Å². The Labute approximate surface area is 184 Å². The van der Waals surface area contributed by atoms with E-state index in [1.54, 1.807) is 19.1 Å². The van der Waals surface area contributed by atoms with Gasteiger partial charge in [0, 0.05) is 11.3 Å². The second-order valence-corrected chi connectivity index (χ2v) is 8.10. The Hall–Kier alpha value is -3.07. The highest BCUT2D eigenvalue weighted by Gasteiger charge is 2.28. The number of esters is 2. The van der Waals surface area contributed by atoms with Crippen LogP contribution >= 0.6 is 11.3 Å². The van der Waals surface area contributed by atoms with E-state index in [2.05, 4.69) is 5.32 Å². The van der Waals surface area contributed by atoms with Crippen molar-refractivity contribution in [3.63, 3.8) is 0 Å². The molecule has 3 rings (SSSR count). The van der Waals surface area contributed by atoms with Crippen molar-refractivity contribution in [2.75, 3.05) is 25.6 Å². The average Bonchev–Trinajstić information content (AvgIpc) is 3.31. The third-order valence-corrected chi connectivity index (χ3v) is 6.09. The summed E-state index contributed by atoms with van der Waals surface area (Å²) in [6.07, 6.45) is 3.04. The zero-order chi connectivity index (χ0) is 22.4. The first-order valence-corrected chi connectivity index (χ1v) is 10.9. The fourth-order valence-corrected chi connectivity index (χ4v) is 4.72.